The molecule has 1 aliphatic heterocycles. The predicted molar refractivity (Wildman–Crippen MR) is 181 cm³/mol. The van der Waals surface area contributed by atoms with E-state index in [2.05, 4.69) is 54.8 Å². The predicted octanol–water partition coefficient (Wildman–Crippen LogP) is 4.11. The molecule has 10 nitrogen and oxygen atoms in total. The highest BCUT2D eigenvalue weighted by Crippen LogP contribution is 2.16. The molecule has 1 unspecified atom stereocenters. The highest BCUT2D eigenvalue weighted by atomic mass is 16.5. The molecule has 0 N–H and O–H groups in total. The van der Waals surface area contributed by atoms with Crippen LogP contribution in [0.4, 0.5) is 0 Å². The van der Waals surface area contributed by atoms with Gasteiger partial charge in [0.2, 0.25) is 0 Å². The first kappa shape index (κ1) is 39.1. The molecule has 0 saturated carbocycles. The van der Waals surface area contributed by atoms with Crippen LogP contribution in [0, 0.1) is 0 Å². The van der Waals surface area contributed by atoms with E-state index >= 15 is 0 Å². The van der Waals surface area contributed by atoms with Gasteiger partial charge in [0, 0.05) is 50.9 Å². The number of ether oxygens (including phenoxy) is 2. The Labute approximate surface area is 277 Å². The van der Waals surface area contributed by atoms with Gasteiger partial charge in [0.1, 0.15) is 0 Å². The second-order valence-corrected chi connectivity index (χ2v) is 11.9. The summed E-state index contributed by atoms with van der Waals surface area (Å²) in [6.07, 6.45) is 9.59. The topological polar surface area (TPSA) is 99.7 Å². The molecule has 0 radical (unpaired) electrons. The molecule has 2 rings (SSSR count). The van der Waals surface area contributed by atoms with Crippen LogP contribution in [0.3, 0.4) is 0 Å². The Morgan fingerprint density at radius 2 is 1.20 bits per heavy atom. The second-order valence-electron chi connectivity index (χ2n) is 11.9. The van der Waals surface area contributed by atoms with Crippen LogP contribution in [0.1, 0.15) is 77.8 Å². The normalized spacial score (nSPS) is 13.8. The molecule has 0 aliphatic carbocycles. The second kappa shape index (κ2) is 22.4. The summed E-state index contributed by atoms with van der Waals surface area (Å²) in [4.78, 5) is 56.5. The van der Waals surface area contributed by atoms with Gasteiger partial charge in [-0.2, -0.15) is 0 Å². The third kappa shape index (κ3) is 14.6. The molecule has 0 saturated heterocycles. The minimum atomic E-state index is -0.330. The number of aryl methyl sites for hydroxylation is 1. The van der Waals surface area contributed by atoms with E-state index in [0.717, 1.165) is 76.8 Å². The Morgan fingerprint density at radius 3 is 1.67 bits per heavy atom. The quantitative estimate of drug-likeness (QED) is 0.115. The van der Waals surface area contributed by atoms with Crippen molar-refractivity contribution in [2.24, 2.45) is 0 Å². The van der Waals surface area contributed by atoms with Gasteiger partial charge in [-0.25, -0.2) is 0 Å². The van der Waals surface area contributed by atoms with Gasteiger partial charge < -0.3 is 14.4 Å². The number of carbonyl (C=O) groups excluding carboxylic acids is 4. The van der Waals surface area contributed by atoms with Crippen molar-refractivity contribution in [2.45, 2.75) is 85.6 Å². The van der Waals surface area contributed by atoms with Crippen LogP contribution in [0.2, 0.25) is 0 Å². The Morgan fingerprint density at radius 1 is 0.696 bits per heavy atom. The van der Waals surface area contributed by atoms with Crippen LogP contribution in [0.5, 0.6) is 0 Å². The van der Waals surface area contributed by atoms with E-state index < -0.39 is 0 Å². The lowest BCUT2D eigenvalue weighted by atomic mass is 10.0. The summed E-state index contributed by atoms with van der Waals surface area (Å²) in [5.74, 6) is -1.14. The van der Waals surface area contributed by atoms with Crippen molar-refractivity contribution in [1.82, 2.24) is 19.6 Å². The van der Waals surface area contributed by atoms with Gasteiger partial charge in [-0.3, -0.25) is 33.9 Å². The molecule has 10 heteroatoms. The monoisotopic (exact) mass is 642 g/mol. The number of carbonyl (C=O) groups is 4. The van der Waals surface area contributed by atoms with Gasteiger partial charge in [0.15, 0.2) is 0 Å². The molecule has 1 aromatic rings. The zero-order valence-corrected chi connectivity index (χ0v) is 29.0. The SMILES string of the molecule is CCCN(CCC)CCN(CCN(CC(=O)OCC)CC(=O)OCC)C(CC)CCCc1ccc(CCN2C(=O)C=CC2=O)cc1. The van der Waals surface area contributed by atoms with Gasteiger partial charge in [-0.15, -0.1) is 0 Å². The Balaban J connectivity index is 2.02. The summed E-state index contributed by atoms with van der Waals surface area (Å²) in [5.41, 5.74) is 2.38. The molecule has 1 aromatic carbocycles. The zero-order chi connectivity index (χ0) is 33.7. The van der Waals surface area contributed by atoms with Crippen molar-refractivity contribution < 1.29 is 28.7 Å². The molecule has 2 amide bonds. The zero-order valence-electron chi connectivity index (χ0n) is 29.0. The van der Waals surface area contributed by atoms with Gasteiger partial charge >= 0.3 is 11.9 Å². The molecule has 0 spiro atoms. The maximum Gasteiger partial charge on any atom is 0.320 e. The van der Waals surface area contributed by atoms with Gasteiger partial charge in [-0.05, 0) is 83.0 Å². The molecule has 1 heterocycles. The molecule has 1 atom stereocenters. The van der Waals surface area contributed by atoms with E-state index in [9.17, 15) is 19.2 Å². The van der Waals surface area contributed by atoms with Crippen LogP contribution >= 0.6 is 0 Å². The fourth-order valence-electron chi connectivity index (χ4n) is 5.93. The van der Waals surface area contributed by atoms with E-state index in [1.807, 2.05) is 4.90 Å². The van der Waals surface area contributed by atoms with Gasteiger partial charge in [0.05, 0.1) is 26.3 Å². The first-order valence-corrected chi connectivity index (χ1v) is 17.4. The average molecular weight is 643 g/mol. The van der Waals surface area contributed by atoms with Gasteiger partial charge in [0.25, 0.3) is 11.8 Å². The number of hydrogen-bond donors (Lipinski definition) is 0. The fraction of sp³-hybridized carbons (Fsp3) is 0.667. The van der Waals surface area contributed by atoms with Crippen molar-refractivity contribution in [3.05, 3.63) is 47.5 Å². The van der Waals surface area contributed by atoms with E-state index in [-0.39, 0.29) is 36.8 Å². The van der Waals surface area contributed by atoms with Crippen LogP contribution in [-0.4, -0.2) is 122 Å². The molecule has 0 bridgehead atoms. The first-order chi connectivity index (χ1) is 22.2. The smallest absolute Gasteiger partial charge is 0.320 e. The Hall–Kier alpha value is -3.08. The number of imide groups is 1. The maximum absolute atomic E-state index is 12.3. The van der Waals surface area contributed by atoms with E-state index in [1.165, 1.54) is 22.6 Å². The number of benzene rings is 1. The molecule has 1 aliphatic rings. The Kier molecular flexibility index (Phi) is 19.1. The van der Waals surface area contributed by atoms with Crippen molar-refractivity contribution in [2.75, 3.05) is 72.1 Å². The van der Waals surface area contributed by atoms with E-state index in [1.54, 1.807) is 13.8 Å². The standard InChI is InChI=1S/C36H58N4O6/c1-6-21-37(22-7-2)24-26-39(27-25-38(28-35(43)45-9-4)29-36(44)46-10-5)32(8-3)13-11-12-30-14-16-31(17-15-30)20-23-40-33(41)18-19-34(40)42/h14-19,32H,6-13,20-29H2,1-5H3. The van der Waals surface area contributed by atoms with Crippen LogP contribution in [0.25, 0.3) is 0 Å². The van der Waals surface area contributed by atoms with E-state index in [4.69, 9.17) is 9.47 Å². The van der Waals surface area contributed by atoms with Crippen molar-refractivity contribution in [3.8, 4) is 0 Å². The summed E-state index contributed by atoms with van der Waals surface area (Å²) in [5, 5.41) is 0. The summed E-state index contributed by atoms with van der Waals surface area (Å²) in [6, 6.07) is 8.86. The number of esters is 2. The largest absolute Gasteiger partial charge is 0.465 e. The third-order valence-corrected chi connectivity index (χ3v) is 8.34. The average Bonchev–Trinajstić information content (AvgIpc) is 3.35. The highest BCUT2D eigenvalue weighted by molar-refractivity contribution is 6.12. The summed E-state index contributed by atoms with van der Waals surface area (Å²) in [6.45, 7) is 16.8. The lowest BCUT2D eigenvalue weighted by Gasteiger charge is -2.35. The molecular weight excluding hydrogens is 584 g/mol. The minimum Gasteiger partial charge on any atom is -0.465 e. The first-order valence-electron chi connectivity index (χ1n) is 17.4. The fourth-order valence-corrected chi connectivity index (χ4v) is 5.93. The van der Waals surface area contributed by atoms with Gasteiger partial charge in [-0.1, -0.05) is 45.0 Å². The van der Waals surface area contributed by atoms with Crippen molar-refractivity contribution >= 4 is 23.8 Å². The molecule has 258 valence electrons. The molecule has 46 heavy (non-hydrogen) atoms. The van der Waals surface area contributed by atoms with Crippen LogP contribution < -0.4 is 0 Å². The number of amides is 2. The Bertz CT molecular complexity index is 1050. The number of hydrogen-bond acceptors (Lipinski definition) is 9. The summed E-state index contributed by atoms with van der Waals surface area (Å²) >= 11 is 0. The maximum atomic E-state index is 12.3. The van der Waals surface area contributed by atoms with Crippen LogP contribution in [-0.2, 0) is 41.5 Å². The molecule has 0 aromatic heterocycles. The summed E-state index contributed by atoms with van der Waals surface area (Å²) < 4.78 is 10.4. The lowest BCUT2D eigenvalue weighted by Crippen LogP contribution is -2.46. The minimum absolute atomic E-state index is 0.0621. The third-order valence-electron chi connectivity index (χ3n) is 8.34. The number of rotatable bonds is 25. The van der Waals surface area contributed by atoms with Crippen molar-refractivity contribution in [3.63, 3.8) is 0 Å². The van der Waals surface area contributed by atoms with Crippen LogP contribution in [0.15, 0.2) is 36.4 Å². The molecular formula is C36H58N4O6. The van der Waals surface area contributed by atoms with E-state index in [0.29, 0.717) is 38.8 Å². The van der Waals surface area contributed by atoms with Crippen molar-refractivity contribution in [1.29, 1.82) is 0 Å². The summed E-state index contributed by atoms with van der Waals surface area (Å²) in [7, 11) is 0. The molecule has 0 fully saturated rings. The number of nitrogens with zero attached hydrogens (tertiary/aromatic N) is 4. The lowest BCUT2D eigenvalue weighted by molar-refractivity contribution is -0.148. The highest BCUT2D eigenvalue weighted by Gasteiger charge is 2.23.